The Morgan fingerprint density at radius 3 is 1.64 bits per heavy atom. The van der Waals surface area contributed by atoms with Crippen LogP contribution in [0.2, 0.25) is 0 Å². The number of quaternary nitrogens is 1. The fourth-order valence-electron chi connectivity index (χ4n) is 5.34. The topological polar surface area (TPSA) is 94.1 Å². The lowest BCUT2D eigenvalue weighted by Gasteiger charge is -2.28. The Balaban J connectivity index is 4.09. The van der Waals surface area contributed by atoms with E-state index in [1.807, 2.05) is 21.1 Å². The van der Waals surface area contributed by atoms with Gasteiger partial charge in [0.25, 0.3) is 7.82 Å². The van der Waals surface area contributed by atoms with E-state index in [0.29, 0.717) is 24.1 Å². The largest absolute Gasteiger partial charge is 0.756 e. The molecule has 0 bridgehead atoms. The molecule has 0 fully saturated rings. The van der Waals surface area contributed by atoms with Crippen molar-refractivity contribution < 1.29 is 37.3 Å². The third-order valence-electron chi connectivity index (χ3n) is 8.58. The molecule has 0 rings (SSSR count). The van der Waals surface area contributed by atoms with E-state index < -0.39 is 13.9 Å². The number of carbonyl (C=O) groups excluding carboxylic acids is 1. The summed E-state index contributed by atoms with van der Waals surface area (Å²) in [5.74, 6) is -0.347. The smallest absolute Gasteiger partial charge is 0.306 e. The predicted octanol–water partition coefficient (Wildman–Crippen LogP) is 11.5. The predicted molar refractivity (Wildman–Crippen MR) is 222 cm³/mol. The molecule has 0 radical (unpaired) electrons. The molecule has 0 aliphatic rings. The molecule has 0 aromatic heterocycles. The van der Waals surface area contributed by atoms with Crippen LogP contribution >= 0.6 is 7.82 Å². The van der Waals surface area contributed by atoms with Gasteiger partial charge in [-0.1, -0.05) is 152 Å². The van der Waals surface area contributed by atoms with Crippen molar-refractivity contribution in [1.29, 1.82) is 0 Å². The molecule has 0 aliphatic heterocycles. The Hall–Kier alpha value is -1.80. The van der Waals surface area contributed by atoms with Crippen LogP contribution in [0, 0.1) is 0 Å². The highest BCUT2D eigenvalue weighted by molar-refractivity contribution is 7.45. The van der Waals surface area contributed by atoms with E-state index in [1.165, 1.54) is 64.2 Å². The van der Waals surface area contributed by atoms with Crippen molar-refractivity contribution in [2.75, 3.05) is 54.1 Å². The average molecular weight is 766 g/mol. The molecule has 0 N–H and O–H groups in total. The summed E-state index contributed by atoms with van der Waals surface area (Å²) in [6.45, 7) is 5.21. The summed E-state index contributed by atoms with van der Waals surface area (Å²) in [7, 11) is 1.34. The van der Waals surface area contributed by atoms with Crippen molar-refractivity contribution in [3.8, 4) is 0 Å². The van der Waals surface area contributed by atoms with Gasteiger partial charge in [-0.25, -0.2) is 0 Å². The Bertz CT molecular complexity index is 1030. The van der Waals surface area contributed by atoms with Gasteiger partial charge in [-0.15, -0.1) is 0 Å². The molecule has 0 amide bonds. The summed E-state index contributed by atoms with van der Waals surface area (Å²) < 4.78 is 34.4. The van der Waals surface area contributed by atoms with Crippen molar-refractivity contribution in [2.45, 2.75) is 161 Å². The SMILES string of the molecule is CC/C=C\C/C=C\C/C=C\C/C=C\C/C=C\CCCCCCCCCCOCC(COP(=O)([O-])OCC[N+](C)(C)C)OC(=O)CCCCCCCCC. The van der Waals surface area contributed by atoms with Gasteiger partial charge >= 0.3 is 5.97 Å². The zero-order valence-corrected chi connectivity index (χ0v) is 35.6. The van der Waals surface area contributed by atoms with Crippen LogP contribution in [0.3, 0.4) is 0 Å². The second-order valence-electron chi connectivity index (χ2n) is 15.0. The second kappa shape index (κ2) is 37.1. The van der Waals surface area contributed by atoms with Gasteiger partial charge in [-0.05, 0) is 57.8 Å². The number of hydrogen-bond donors (Lipinski definition) is 0. The number of esters is 1. The average Bonchev–Trinajstić information content (AvgIpc) is 3.11. The van der Waals surface area contributed by atoms with Crippen molar-refractivity contribution in [3.05, 3.63) is 60.8 Å². The third kappa shape index (κ3) is 41.2. The number of hydrogen-bond acceptors (Lipinski definition) is 7. The normalized spacial score (nSPS) is 14.5. The van der Waals surface area contributed by atoms with Crippen molar-refractivity contribution in [1.82, 2.24) is 0 Å². The maximum Gasteiger partial charge on any atom is 0.306 e. The van der Waals surface area contributed by atoms with E-state index in [-0.39, 0.29) is 25.8 Å². The molecule has 0 saturated carbocycles. The zero-order chi connectivity index (χ0) is 39.1. The Kier molecular flexibility index (Phi) is 35.9. The molecule has 8 nitrogen and oxygen atoms in total. The van der Waals surface area contributed by atoms with Crippen LogP contribution in [0.15, 0.2) is 60.8 Å². The van der Waals surface area contributed by atoms with Gasteiger partial charge in [-0.2, -0.15) is 0 Å². The Morgan fingerprint density at radius 2 is 1.09 bits per heavy atom. The molecular weight excluding hydrogens is 685 g/mol. The third-order valence-corrected chi connectivity index (χ3v) is 9.55. The quantitative estimate of drug-likeness (QED) is 0.0203. The highest BCUT2D eigenvalue weighted by atomic mass is 31.2. The number of phosphoric ester groups is 1. The molecule has 0 spiro atoms. The molecular formula is C44H80NO7P. The van der Waals surface area contributed by atoms with E-state index >= 15 is 0 Å². The number of allylic oxidation sites excluding steroid dienone is 10. The summed E-state index contributed by atoms with van der Waals surface area (Å²) >= 11 is 0. The van der Waals surface area contributed by atoms with E-state index in [2.05, 4.69) is 74.6 Å². The summed E-state index contributed by atoms with van der Waals surface area (Å²) in [6.07, 6.45) is 45.4. The monoisotopic (exact) mass is 766 g/mol. The maximum absolute atomic E-state index is 12.5. The number of nitrogens with zero attached hydrogens (tertiary/aromatic N) is 1. The lowest BCUT2D eigenvalue weighted by Crippen LogP contribution is -2.37. The van der Waals surface area contributed by atoms with Crippen molar-refractivity contribution in [3.63, 3.8) is 0 Å². The Morgan fingerprint density at radius 1 is 0.604 bits per heavy atom. The molecule has 53 heavy (non-hydrogen) atoms. The molecule has 0 aromatic rings. The van der Waals surface area contributed by atoms with Crippen LogP contribution in [0.4, 0.5) is 0 Å². The molecule has 0 aliphatic carbocycles. The van der Waals surface area contributed by atoms with Gasteiger partial charge in [0.15, 0.2) is 0 Å². The number of carbonyl (C=O) groups is 1. The van der Waals surface area contributed by atoms with Crippen LogP contribution < -0.4 is 4.89 Å². The highest BCUT2D eigenvalue weighted by Gasteiger charge is 2.20. The highest BCUT2D eigenvalue weighted by Crippen LogP contribution is 2.38. The van der Waals surface area contributed by atoms with Crippen LogP contribution in [0.25, 0.3) is 0 Å². The van der Waals surface area contributed by atoms with E-state index in [4.69, 9.17) is 18.5 Å². The first kappa shape index (κ1) is 51.2. The van der Waals surface area contributed by atoms with Gasteiger partial charge in [0.2, 0.25) is 0 Å². The summed E-state index contributed by atoms with van der Waals surface area (Å²) in [5, 5.41) is 0. The van der Waals surface area contributed by atoms with Crippen LogP contribution in [-0.2, 0) is 27.9 Å². The number of phosphoric acid groups is 1. The summed E-state index contributed by atoms with van der Waals surface area (Å²) in [5.41, 5.74) is 0. The minimum absolute atomic E-state index is 0.0224. The van der Waals surface area contributed by atoms with Crippen LogP contribution in [-0.4, -0.2) is 70.7 Å². The minimum atomic E-state index is -4.52. The maximum atomic E-state index is 12.5. The van der Waals surface area contributed by atoms with Crippen LogP contribution in [0.5, 0.6) is 0 Å². The summed E-state index contributed by atoms with van der Waals surface area (Å²) in [4.78, 5) is 24.8. The molecule has 9 heteroatoms. The summed E-state index contributed by atoms with van der Waals surface area (Å²) in [6, 6.07) is 0. The number of likely N-dealkylation sites (N-methyl/N-ethyl adjacent to an activating group) is 1. The van der Waals surface area contributed by atoms with Gasteiger partial charge in [0.05, 0.1) is 34.4 Å². The zero-order valence-electron chi connectivity index (χ0n) is 34.7. The number of unbranched alkanes of at least 4 members (excludes halogenated alkanes) is 14. The van der Waals surface area contributed by atoms with E-state index in [0.717, 1.165) is 70.6 Å². The fraction of sp³-hybridized carbons (Fsp3) is 0.750. The lowest BCUT2D eigenvalue weighted by atomic mass is 10.1. The second-order valence-corrected chi connectivity index (χ2v) is 16.4. The first-order valence-corrected chi connectivity index (χ1v) is 22.5. The molecule has 2 unspecified atom stereocenters. The molecule has 0 saturated heterocycles. The number of ether oxygens (including phenoxy) is 2. The van der Waals surface area contributed by atoms with Gasteiger partial charge < -0.3 is 27.9 Å². The van der Waals surface area contributed by atoms with E-state index in [9.17, 15) is 14.3 Å². The van der Waals surface area contributed by atoms with Gasteiger partial charge in [0, 0.05) is 13.0 Å². The van der Waals surface area contributed by atoms with Gasteiger partial charge in [-0.3, -0.25) is 9.36 Å². The molecule has 0 aromatic carbocycles. The van der Waals surface area contributed by atoms with E-state index in [1.54, 1.807) is 0 Å². The molecule has 0 heterocycles. The van der Waals surface area contributed by atoms with Crippen molar-refractivity contribution in [2.24, 2.45) is 0 Å². The van der Waals surface area contributed by atoms with Crippen molar-refractivity contribution >= 4 is 13.8 Å². The standard InChI is InChI=1S/C44H80NO7P/c1-6-8-10-12-14-15-16-17-18-19-20-21-22-23-24-25-26-27-28-29-30-32-34-36-39-49-41-43(42-51-53(47,48)50-40-38-45(3,4)5)52-44(46)37-35-33-31-13-11-9-7-2/h8,10,14-15,17-18,20-21,23-24,43H,6-7,9,11-13,16,19,22,25-42H2,1-5H3/b10-8-,15-14-,18-17-,21-20-,24-23-. The molecule has 308 valence electrons. The number of rotatable bonds is 38. The van der Waals surface area contributed by atoms with Gasteiger partial charge in [0.1, 0.15) is 19.3 Å². The first-order chi connectivity index (χ1) is 25.6. The first-order valence-electron chi connectivity index (χ1n) is 21.0. The minimum Gasteiger partial charge on any atom is -0.756 e. The fourth-order valence-corrected chi connectivity index (χ4v) is 6.06. The Labute approximate surface area is 326 Å². The molecule has 2 atom stereocenters. The lowest BCUT2D eigenvalue weighted by molar-refractivity contribution is -0.870. The van der Waals surface area contributed by atoms with Crippen LogP contribution in [0.1, 0.15) is 155 Å².